The summed E-state index contributed by atoms with van der Waals surface area (Å²) in [7, 11) is 0. The number of ether oxygens (including phenoxy) is 1. The number of hydrogen-bond donors (Lipinski definition) is 3. The Kier molecular flexibility index (Phi) is 6.86. The first kappa shape index (κ1) is 17.5. The van der Waals surface area contributed by atoms with Crippen LogP contribution < -0.4 is 16.2 Å². The number of nitro benzene ring substituents is 1. The molecule has 2 amide bonds. The molecule has 0 aliphatic rings. The molecule has 0 aromatic heterocycles. The van der Waals surface area contributed by atoms with Crippen LogP contribution in [0.3, 0.4) is 0 Å². The summed E-state index contributed by atoms with van der Waals surface area (Å²) in [5.41, 5.74) is 4.64. The predicted molar refractivity (Wildman–Crippen MR) is 80.9 cm³/mol. The van der Waals surface area contributed by atoms with Crippen molar-refractivity contribution in [2.75, 3.05) is 13.2 Å². The van der Waals surface area contributed by atoms with Crippen molar-refractivity contribution in [2.45, 2.75) is 6.92 Å². The van der Waals surface area contributed by atoms with Gasteiger partial charge in [0.15, 0.2) is 5.11 Å². The zero-order chi connectivity index (χ0) is 16.5. The Morgan fingerprint density at radius 1 is 1.27 bits per heavy atom. The van der Waals surface area contributed by atoms with Gasteiger partial charge >= 0.3 is 0 Å². The van der Waals surface area contributed by atoms with Gasteiger partial charge in [-0.3, -0.25) is 35.9 Å². The summed E-state index contributed by atoms with van der Waals surface area (Å²) in [4.78, 5) is 33.0. The minimum absolute atomic E-state index is 0.117. The highest BCUT2D eigenvalue weighted by Gasteiger charge is 2.11. The fraction of sp³-hybridized carbons (Fsp3) is 0.250. The lowest BCUT2D eigenvalue weighted by Crippen LogP contribution is -2.49. The molecule has 0 fully saturated rings. The highest BCUT2D eigenvalue weighted by Crippen LogP contribution is 2.11. The molecule has 1 rings (SSSR count). The topological polar surface area (TPSA) is 123 Å². The number of carbonyl (C=O) groups excluding carboxylic acids is 2. The molecule has 0 unspecified atom stereocenters. The molecule has 0 bridgehead atoms. The van der Waals surface area contributed by atoms with E-state index < -0.39 is 16.7 Å². The number of thiocarbonyl (C=S) groups is 1. The van der Waals surface area contributed by atoms with Gasteiger partial charge in [-0.15, -0.1) is 0 Å². The number of nitrogens with one attached hydrogen (secondary N) is 3. The summed E-state index contributed by atoms with van der Waals surface area (Å²) in [5, 5.41) is 12.7. The fourth-order valence-electron chi connectivity index (χ4n) is 1.30. The fourth-order valence-corrected chi connectivity index (χ4v) is 1.44. The number of carbonyl (C=O) groups is 2. The molecule has 1 aromatic carbocycles. The van der Waals surface area contributed by atoms with Crippen LogP contribution in [-0.2, 0) is 9.53 Å². The Morgan fingerprint density at radius 2 is 1.91 bits per heavy atom. The molecule has 0 aliphatic heterocycles. The smallest absolute Gasteiger partial charge is 0.269 e. The van der Waals surface area contributed by atoms with Crippen LogP contribution in [0.4, 0.5) is 5.69 Å². The average Bonchev–Trinajstić information content (AvgIpc) is 2.50. The Hall–Kier alpha value is -2.59. The van der Waals surface area contributed by atoms with Gasteiger partial charge in [0, 0.05) is 24.3 Å². The van der Waals surface area contributed by atoms with Crippen LogP contribution in [-0.4, -0.2) is 35.1 Å². The Bertz CT molecular complexity index is 575. The third-order valence-electron chi connectivity index (χ3n) is 2.32. The molecule has 3 N–H and O–H groups in total. The van der Waals surface area contributed by atoms with E-state index >= 15 is 0 Å². The molecule has 118 valence electrons. The summed E-state index contributed by atoms with van der Waals surface area (Å²) in [6.07, 6.45) is 0. The molecular formula is C12H14N4O5S. The molecule has 0 heterocycles. The first-order valence-corrected chi connectivity index (χ1v) is 6.57. The van der Waals surface area contributed by atoms with Gasteiger partial charge in [-0.25, -0.2) is 0 Å². The lowest BCUT2D eigenvalue weighted by atomic mass is 10.2. The Morgan fingerprint density at radius 3 is 2.45 bits per heavy atom. The molecule has 0 saturated heterocycles. The first-order valence-electron chi connectivity index (χ1n) is 6.16. The number of nitrogens with zero attached hydrogens (tertiary/aromatic N) is 1. The number of non-ortho nitro benzene ring substituents is 1. The normalized spacial score (nSPS) is 9.68. The molecule has 0 radical (unpaired) electrons. The summed E-state index contributed by atoms with van der Waals surface area (Å²) in [6, 6.07) is 5.00. The molecule has 9 nitrogen and oxygen atoms in total. The van der Waals surface area contributed by atoms with Gasteiger partial charge in [0.25, 0.3) is 17.5 Å². The maximum absolute atomic E-state index is 11.8. The number of benzene rings is 1. The van der Waals surface area contributed by atoms with Gasteiger partial charge in [-0.05, 0) is 31.3 Å². The molecular weight excluding hydrogens is 312 g/mol. The van der Waals surface area contributed by atoms with E-state index in [1.807, 2.05) is 0 Å². The van der Waals surface area contributed by atoms with Gasteiger partial charge in [0.2, 0.25) is 0 Å². The zero-order valence-corrected chi connectivity index (χ0v) is 12.4. The average molecular weight is 326 g/mol. The minimum atomic E-state index is -0.568. The molecule has 10 heteroatoms. The van der Waals surface area contributed by atoms with Crippen molar-refractivity contribution < 1.29 is 19.2 Å². The number of hydrazine groups is 1. The quantitative estimate of drug-likeness (QED) is 0.403. The standard InChI is InChI=1S/C12H14N4O5S/c1-2-21-7-10(17)14-15-12(22)13-11(18)8-3-5-9(6-4-8)16(19)20/h3-6H,2,7H2,1H3,(H,14,17)(H2,13,15,18,22). The van der Waals surface area contributed by atoms with E-state index in [0.29, 0.717) is 6.61 Å². The monoisotopic (exact) mass is 326 g/mol. The number of hydrogen-bond acceptors (Lipinski definition) is 6. The van der Waals surface area contributed by atoms with Crippen molar-refractivity contribution in [1.29, 1.82) is 0 Å². The second kappa shape index (κ2) is 8.64. The summed E-state index contributed by atoms with van der Waals surface area (Å²) < 4.78 is 4.87. The van der Waals surface area contributed by atoms with E-state index in [1.54, 1.807) is 6.92 Å². The second-order valence-corrected chi connectivity index (χ2v) is 4.31. The third kappa shape index (κ3) is 5.81. The third-order valence-corrected chi connectivity index (χ3v) is 2.52. The zero-order valence-electron chi connectivity index (χ0n) is 11.6. The van der Waals surface area contributed by atoms with Gasteiger partial charge in [0.1, 0.15) is 6.61 Å². The maximum Gasteiger partial charge on any atom is 0.269 e. The Labute approximate surface area is 131 Å². The van der Waals surface area contributed by atoms with Gasteiger partial charge in [0.05, 0.1) is 4.92 Å². The van der Waals surface area contributed by atoms with E-state index in [1.165, 1.54) is 24.3 Å². The van der Waals surface area contributed by atoms with Crippen LogP contribution in [0.25, 0.3) is 0 Å². The predicted octanol–water partition coefficient (Wildman–Crippen LogP) is 0.267. The molecule has 1 aromatic rings. The van der Waals surface area contributed by atoms with E-state index in [-0.39, 0.29) is 23.0 Å². The van der Waals surface area contributed by atoms with Crippen molar-refractivity contribution in [3.63, 3.8) is 0 Å². The Balaban J connectivity index is 2.45. The van der Waals surface area contributed by atoms with Crippen molar-refractivity contribution in [3.8, 4) is 0 Å². The van der Waals surface area contributed by atoms with Gasteiger partial charge in [-0.1, -0.05) is 0 Å². The van der Waals surface area contributed by atoms with Gasteiger partial charge < -0.3 is 4.74 Å². The molecule has 22 heavy (non-hydrogen) atoms. The van der Waals surface area contributed by atoms with Crippen molar-refractivity contribution in [3.05, 3.63) is 39.9 Å². The summed E-state index contributed by atoms with van der Waals surface area (Å²) in [5.74, 6) is -1.01. The van der Waals surface area contributed by atoms with E-state index in [0.717, 1.165) is 0 Å². The summed E-state index contributed by atoms with van der Waals surface area (Å²) in [6.45, 7) is 2.01. The molecule has 0 atom stereocenters. The minimum Gasteiger partial charge on any atom is -0.372 e. The van der Waals surface area contributed by atoms with Crippen molar-refractivity contribution in [1.82, 2.24) is 16.2 Å². The maximum atomic E-state index is 11.8. The highest BCUT2D eigenvalue weighted by molar-refractivity contribution is 7.80. The van der Waals surface area contributed by atoms with Crippen LogP contribution in [0.5, 0.6) is 0 Å². The van der Waals surface area contributed by atoms with Crippen LogP contribution in [0, 0.1) is 10.1 Å². The van der Waals surface area contributed by atoms with Crippen LogP contribution in [0.15, 0.2) is 24.3 Å². The van der Waals surface area contributed by atoms with Crippen molar-refractivity contribution in [2.24, 2.45) is 0 Å². The molecule has 0 aliphatic carbocycles. The van der Waals surface area contributed by atoms with E-state index in [4.69, 9.17) is 17.0 Å². The summed E-state index contributed by atoms with van der Waals surface area (Å²) >= 11 is 4.82. The van der Waals surface area contributed by atoms with Crippen LogP contribution in [0.1, 0.15) is 17.3 Å². The SMILES string of the molecule is CCOCC(=O)NNC(=S)NC(=O)c1ccc([N+](=O)[O-])cc1. The van der Waals surface area contributed by atoms with E-state index in [9.17, 15) is 19.7 Å². The lowest BCUT2D eigenvalue weighted by molar-refractivity contribution is -0.384. The molecule has 0 spiro atoms. The van der Waals surface area contributed by atoms with Gasteiger partial charge in [-0.2, -0.15) is 0 Å². The van der Waals surface area contributed by atoms with Crippen LogP contribution >= 0.6 is 12.2 Å². The highest BCUT2D eigenvalue weighted by atomic mass is 32.1. The first-order chi connectivity index (χ1) is 10.4. The lowest BCUT2D eigenvalue weighted by Gasteiger charge is -2.10. The largest absolute Gasteiger partial charge is 0.372 e. The number of amides is 2. The molecule has 0 saturated carbocycles. The van der Waals surface area contributed by atoms with Crippen molar-refractivity contribution >= 4 is 34.8 Å². The van der Waals surface area contributed by atoms with E-state index in [2.05, 4.69) is 16.2 Å². The second-order valence-electron chi connectivity index (χ2n) is 3.90. The number of nitro groups is 1. The van der Waals surface area contributed by atoms with Crippen LogP contribution in [0.2, 0.25) is 0 Å². The number of rotatable bonds is 5.